The first-order valence-corrected chi connectivity index (χ1v) is 17.6. The van der Waals surface area contributed by atoms with Crippen LogP contribution in [0.5, 0.6) is 11.5 Å². The molecule has 1 heterocycles. The molecule has 8 rings (SSSR count). The summed E-state index contributed by atoms with van der Waals surface area (Å²) in [6.45, 7) is -0.160. The Labute approximate surface area is 286 Å². The molecule has 0 spiro atoms. The van der Waals surface area contributed by atoms with E-state index in [0.29, 0.717) is 37.7 Å². The van der Waals surface area contributed by atoms with Crippen molar-refractivity contribution in [2.24, 2.45) is 22.7 Å². The zero-order valence-electron chi connectivity index (χ0n) is 25.7. The van der Waals surface area contributed by atoms with Gasteiger partial charge in [0, 0.05) is 17.2 Å². The molecule has 4 saturated carbocycles. The molecule has 4 aliphatic carbocycles. The number of hydrogen-bond donors (Lipinski definition) is 1. The number of amidine groups is 1. The second-order valence-electron chi connectivity index (χ2n) is 13.0. The van der Waals surface area contributed by atoms with Crippen molar-refractivity contribution in [3.63, 3.8) is 0 Å². The summed E-state index contributed by atoms with van der Waals surface area (Å²) in [6, 6.07) is 19.2. The third-order valence-corrected chi connectivity index (χ3v) is 12.1. The van der Waals surface area contributed by atoms with Crippen LogP contribution in [0.1, 0.15) is 49.7 Å². The fourth-order valence-corrected chi connectivity index (χ4v) is 9.48. The third-order valence-electron chi connectivity index (χ3n) is 9.79. The highest BCUT2D eigenvalue weighted by molar-refractivity contribution is 9.10. The van der Waals surface area contributed by atoms with Crippen LogP contribution in [0.4, 0.5) is 11.4 Å². The summed E-state index contributed by atoms with van der Waals surface area (Å²) in [5, 5.41) is 4.06. The van der Waals surface area contributed by atoms with Crippen LogP contribution in [0.15, 0.2) is 75.0 Å². The summed E-state index contributed by atoms with van der Waals surface area (Å²) < 4.78 is 12.2. The monoisotopic (exact) mass is 719 g/mol. The largest absolute Gasteiger partial charge is 0.493 e. The first-order valence-electron chi connectivity index (χ1n) is 15.6. The van der Waals surface area contributed by atoms with E-state index < -0.39 is 0 Å². The number of nitrogens with one attached hydrogen (secondary N) is 1. The number of nitrogens with zero attached hydrogens (tertiary/aromatic N) is 2. The van der Waals surface area contributed by atoms with Crippen LogP contribution >= 0.6 is 39.3 Å². The first-order chi connectivity index (χ1) is 22.2. The van der Waals surface area contributed by atoms with Crippen molar-refractivity contribution in [1.82, 2.24) is 4.90 Å². The molecule has 1 aliphatic heterocycles. The highest BCUT2D eigenvalue weighted by atomic mass is 79.9. The highest BCUT2D eigenvalue weighted by Gasteiger charge is 2.51. The number of methoxy groups -OCH3 is 1. The molecule has 46 heavy (non-hydrogen) atoms. The van der Waals surface area contributed by atoms with Gasteiger partial charge in [-0.1, -0.05) is 29.8 Å². The van der Waals surface area contributed by atoms with Crippen LogP contribution in [0.2, 0.25) is 5.02 Å². The number of carbonyl (C=O) groups excluding carboxylic acids is 2. The molecule has 10 heteroatoms. The Balaban J connectivity index is 0.971. The summed E-state index contributed by atoms with van der Waals surface area (Å²) in [4.78, 5) is 32.4. The van der Waals surface area contributed by atoms with Gasteiger partial charge in [-0.3, -0.25) is 14.5 Å². The summed E-state index contributed by atoms with van der Waals surface area (Å²) in [6.07, 6.45) is 10.0. The van der Waals surface area contributed by atoms with E-state index in [1.165, 1.54) is 60.8 Å². The first kappa shape index (κ1) is 31.3. The summed E-state index contributed by atoms with van der Waals surface area (Å²) >= 11 is 10.9. The molecular weight excluding hydrogens is 686 g/mol. The third kappa shape index (κ3) is 6.34. The normalized spacial score (nSPS) is 26.7. The zero-order valence-corrected chi connectivity index (χ0v) is 28.9. The number of aliphatic imine (C=N–C) groups is 1. The number of carbonyl (C=O) groups is 2. The van der Waals surface area contributed by atoms with Crippen molar-refractivity contribution in [2.75, 3.05) is 26.1 Å². The van der Waals surface area contributed by atoms with Crippen LogP contribution in [-0.4, -0.2) is 42.6 Å². The molecule has 0 aromatic heterocycles. The van der Waals surface area contributed by atoms with Crippen LogP contribution in [0.25, 0.3) is 6.08 Å². The lowest BCUT2D eigenvalue weighted by Gasteiger charge is -2.57. The van der Waals surface area contributed by atoms with E-state index >= 15 is 0 Å². The number of thioether (sulfide) groups is 1. The number of hydrogen-bond acceptors (Lipinski definition) is 6. The molecule has 238 valence electrons. The Bertz CT molecular complexity index is 1720. The Morgan fingerprint density at radius 3 is 2.39 bits per heavy atom. The van der Waals surface area contributed by atoms with Gasteiger partial charge >= 0.3 is 0 Å². The van der Waals surface area contributed by atoms with Gasteiger partial charge in [0.05, 0.1) is 22.7 Å². The Morgan fingerprint density at radius 1 is 1.04 bits per heavy atom. The topological polar surface area (TPSA) is 80.2 Å². The van der Waals surface area contributed by atoms with E-state index in [9.17, 15) is 9.59 Å². The summed E-state index contributed by atoms with van der Waals surface area (Å²) in [5.41, 5.74) is 3.95. The zero-order chi connectivity index (χ0) is 32.0. The standard InChI is InChI=1S/C36H35BrClN3O4S/c1-41-34(43)32(46-35(41)40-27-8-9-28(37)29(38)16-27)15-21-3-10-30(31(14-21)44-2)45-20-33(42)39-26-6-4-25(5-7-26)36-17-22-11-23(18-36)13-24(12-22)19-36/h3-10,14-16,22-24H,11-13,17-20H2,1-2H3,(H,39,42)/b32-15+,40-35?. The fraction of sp³-hybridized carbons (Fsp3) is 0.361. The molecule has 0 unspecified atom stereocenters. The quantitative estimate of drug-likeness (QED) is 0.235. The maximum atomic E-state index is 13.0. The number of ether oxygens (including phenoxy) is 2. The molecule has 0 radical (unpaired) electrons. The van der Waals surface area contributed by atoms with Gasteiger partial charge in [0.2, 0.25) is 0 Å². The van der Waals surface area contributed by atoms with Crippen molar-refractivity contribution in [3.8, 4) is 11.5 Å². The van der Waals surface area contributed by atoms with Crippen LogP contribution < -0.4 is 14.8 Å². The van der Waals surface area contributed by atoms with Gasteiger partial charge in [0.1, 0.15) is 0 Å². The predicted octanol–water partition coefficient (Wildman–Crippen LogP) is 8.83. The lowest BCUT2D eigenvalue weighted by atomic mass is 9.48. The maximum absolute atomic E-state index is 13.0. The van der Waals surface area contributed by atoms with Gasteiger partial charge < -0.3 is 14.8 Å². The maximum Gasteiger partial charge on any atom is 0.266 e. The lowest BCUT2D eigenvalue weighted by molar-refractivity contribution is -0.121. The molecule has 1 saturated heterocycles. The minimum absolute atomic E-state index is 0.158. The molecule has 3 aromatic rings. The lowest BCUT2D eigenvalue weighted by Crippen LogP contribution is -2.48. The van der Waals surface area contributed by atoms with Gasteiger partial charge in [-0.25, -0.2) is 4.99 Å². The predicted molar refractivity (Wildman–Crippen MR) is 188 cm³/mol. The smallest absolute Gasteiger partial charge is 0.266 e. The molecule has 2 amide bonds. The number of anilines is 1. The Kier molecular flexibility index (Phi) is 8.67. The van der Waals surface area contributed by atoms with E-state index in [4.69, 9.17) is 21.1 Å². The van der Waals surface area contributed by atoms with Crippen molar-refractivity contribution < 1.29 is 19.1 Å². The van der Waals surface area contributed by atoms with Gasteiger partial charge in [-0.2, -0.15) is 0 Å². The average molecular weight is 721 g/mol. The van der Waals surface area contributed by atoms with Crippen LogP contribution in [0.3, 0.4) is 0 Å². The molecule has 5 aliphatic rings. The minimum atomic E-state index is -0.245. The molecule has 0 atom stereocenters. The Hall–Kier alpha value is -3.27. The number of amides is 2. The average Bonchev–Trinajstić information content (AvgIpc) is 3.29. The van der Waals surface area contributed by atoms with E-state index in [1.807, 2.05) is 30.3 Å². The molecular formula is C36H35BrClN3O4S. The van der Waals surface area contributed by atoms with Gasteiger partial charge in [0.25, 0.3) is 11.8 Å². The molecule has 1 N–H and O–H groups in total. The van der Waals surface area contributed by atoms with Gasteiger partial charge in [-0.15, -0.1) is 0 Å². The molecule has 3 aromatic carbocycles. The number of halogens is 2. The fourth-order valence-electron chi connectivity index (χ4n) is 8.07. The van der Waals surface area contributed by atoms with Crippen molar-refractivity contribution in [1.29, 1.82) is 0 Å². The van der Waals surface area contributed by atoms with E-state index in [1.54, 1.807) is 38.4 Å². The van der Waals surface area contributed by atoms with Crippen LogP contribution in [-0.2, 0) is 15.0 Å². The second kappa shape index (κ2) is 12.7. The van der Waals surface area contributed by atoms with Gasteiger partial charge in [0.15, 0.2) is 23.3 Å². The van der Waals surface area contributed by atoms with Crippen molar-refractivity contribution in [3.05, 3.63) is 86.2 Å². The summed E-state index contributed by atoms with van der Waals surface area (Å²) in [7, 11) is 3.23. The molecule has 4 bridgehead atoms. The summed E-state index contributed by atoms with van der Waals surface area (Å²) in [5.74, 6) is 3.18. The van der Waals surface area contributed by atoms with E-state index in [0.717, 1.165) is 33.5 Å². The molecule has 7 nitrogen and oxygen atoms in total. The Morgan fingerprint density at radius 2 is 1.74 bits per heavy atom. The number of benzene rings is 3. The molecule has 5 fully saturated rings. The highest BCUT2D eigenvalue weighted by Crippen LogP contribution is 2.60. The number of rotatable bonds is 8. The van der Waals surface area contributed by atoms with Gasteiger partial charge in [-0.05, 0) is 149 Å². The second-order valence-corrected chi connectivity index (χ2v) is 15.3. The number of likely N-dealkylation sites (N-methyl/N-ethyl adjacent to an activating group) is 1. The van der Waals surface area contributed by atoms with Crippen LogP contribution in [0, 0.1) is 17.8 Å². The van der Waals surface area contributed by atoms with Crippen molar-refractivity contribution >= 4 is 73.7 Å². The minimum Gasteiger partial charge on any atom is -0.493 e. The van der Waals surface area contributed by atoms with Crippen molar-refractivity contribution in [2.45, 2.75) is 43.9 Å². The van der Waals surface area contributed by atoms with E-state index in [2.05, 4.69) is 38.4 Å². The SMILES string of the molecule is COc1cc(/C=C2/SC(=Nc3ccc(Br)c(Cl)c3)N(C)C2=O)ccc1OCC(=O)Nc1ccc(C23CC4CC(CC(C4)C2)C3)cc1. The van der Waals surface area contributed by atoms with E-state index in [-0.39, 0.29) is 18.4 Å².